The predicted octanol–water partition coefficient (Wildman–Crippen LogP) is 0.456. The molecule has 1 fully saturated rings. The Morgan fingerprint density at radius 2 is 2.18 bits per heavy atom. The first-order valence-corrected chi connectivity index (χ1v) is 10.3. The zero-order valence-electron chi connectivity index (χ0n) is 15.5. The molecule has 9 nitrogen and oxygen atoms in total. The van der Waals surface area contributed by atoms with Crippen LogP contribution in [0.25, 0.3) is 0 Å². The largest absolute Gasteiger partial charge is 0.454 e. The quantitative estimate of drug-likeness (QED) is 0.507. The molecule has 2 atom stereocenters. The van der Waals surface area contributed by atoms with Crippen LogP contribution in [0.1, 0.15) is 18.4 Å². The summed E-state index contributed by atoms with van der Waals surface area (Å²) in [5.74, 6) is 1.15. The molecular weight excluding hydrogens is 386 g/mol. The smallest absolute Gasteiger partial charge is 0.325 e. The van der Waals surface area contributed by atoms with Crippen LogP contribution in [-0.2, 0) is 16.1 Å². The van der Waals surface area contributed by atoms with E-state index < -0.39 is 18.0 Å². The number of amides is 4. The molecule has 2 aliphatic heterocycles. The molecule has 2 aliphatic rings. The van der Waals surface area contributed by atoms with Crippen molar-refractivity contribution in [1.82, 2.24) is 15.5 Å². The van der Waals surface area contributed by atoms with E-state index in [-0.39, 0.29) is 38.3 Å². The number of carbonyl (C=O) groups is 3. The fraction of sp³-hybridized carbons (Fsp3) is 0.500. The molecule has 3 N–H and O–H groups in total. The normalized spacial score (nSPS) is 18.9. The maximum atomic E-state index is 12.6. The molecule has 0 unspecified atom stereocenters. The summed E-state index contributed by atoms with van der Waals surface area (Å²) in [6, 6.07) is 3.39. The molecule has 0 spiro atoms. The number of hydrogen-bond acceptors (Lipinski definition) is 7. The summed E-state index contributed by atoms with van der Waals surface area (Å²) in [4.78, 5) is 38.0. The number of thioether (sulfide) groups is 1. The van der Waals surface area contributed by atoms with Crippen molar-refractivity contribution in [3.05, 3.63) is 23.8 Å². The molecule has 1 aromatic carbocycles. The highest BCUT2D eigenvalue weighted by Gasteiger charge is 2.39. The number of urea groups is 1. The summed E-state index contributed by atoms with van der Waals surface area (Å²) in [6.07, 6.45) is 2.40. The standard InChI is InChI=1S/C18H23N3O6S/c1-28-5-4-12(9-22)19-16(23)7-13-17(24)21(18(25)20-13)8-11-2-3-14-15(6-11)27-10-26-14/h2-3,6,12-13,22H,4-5,7-10H2,1H3,(H,19,23)(H,20,25)/t12-,13+/m0/s1. The van der Waals surface area contributed by atoms with Gasteiger partial charge in [0.1, 0.15) is 6.04 Å². The van der Waals surface area contributed by atoms with Gasteiger partial charge in [-0.2, -0.15) is 11.8 Å². The number of aliphatic hydroxyl groups is 1. The first-order chi connectivity index (χ1) is 13.5. The van der Waals surface area contributed by atoms with Crippen molar-refractivity contribution in [2.75, 3.05) is 25.4 Å². The second-order valence-corrected chi connectivity index (χ2v) is 7.53. The summed E-state index contributed by atoms with van der Waals surface area (Å²) in [6.45, 7) is 0.0464. The highest BCUT2D eigenvalue weighted by Crippen LogP contribution is 2.33. The molecule has 10 heteroatoms. The Hall–Kier alpha value is -2.46. The van der Waals surface area contributed by atoms with E-state index in [9.17, 15) is 19.5 Å². The minimum absolute atomic E-state index is 0.0758. The molecule has 0 radical (unpaired) electrons. The number of fused-ring (bicyclic) bond motifs is 1. The van der Waals surface area contributed by atoms with Crippen molar-refractivity contribution in [2.45, 2.75) is 31.5 Å². The Bertz CT molecular complexity index is 759. The molecule has 1 saturated heterocycles. The van der Waals surface area contributed by atoms with E-state index in [4.69, 9.17) is 9.47 Å². The van der Waals surface area contributed by atoms with E-state index in [0.29, 0.717) is 17.9 Å². The Balaban J connectivity index is 1.56. The molecule has 2 heterocycles. The number of nitrogens with one attached hydrogen (secondary N) is 2. The van der Waals surface area contributed by atoms with Crippen LogP contribution in [0, 0.1) is 0 Å². The monoisotopic (exact) mass is 409 g/mol. The third kappa shape index (κ3) is 4.68. The number of aliphatic hydroxyl groups excluding tert-OH is 1. The minimum Gasteiger partial charge on any atom is -0.454 e. The fourth-order valence-electron chi connectivity index (χ4n) is 3.03. The third-order valence-electron chi connectivity index (χ3n) is 4.53. The molecular formula is C18H23N3O6S. The lowest BCUT2D eigenvalue weighted by Crippen LogP contribution is -2.42. The molecule has 0 aliphatic carbocycles. The van der Waals surface area contributed by atoms with Gasteiger partial charge < -0.3 is 25.2 Å². The average Bonchev–Trinajstić information content (AvgIpc) is 3.24. The van der Waals surface area contributed by atoms with Gasteiger partial charge in [-0.25, -0.2) is 4.79 Å². The Morgan fingerprint density at radius 3 is 2.93 bits per heavy atom. The number of benzene rings is 1. The summed E-state index contributed by atoms with van der Waals surface area (Å²) in [7, 11) is 0. The zero-order valence-corrected chi connectivity index (χ0v) is 16.3. The van der Waals surface area contributed by atoms with Crippen LogP contribution in [0.5, 0.6) is 11.5 Å². The second kappa shape index (κ2) is 9.16. The predicted molar refractivity (Wildman–Crippen MR) is 102 cm³/mol. The summed E-state index contributed by atoms with van der Waals surface area (Å²) < 4.78 is 10.6. The van der Waals surface area contributed by atoms with Crippen molar-refractivity contribution in [3.8, 4) is 11.5 Å². The third-order valence-corrected chi connectivity index (χ3v) is 5.17. The number of hydrogen-bond donors (Lipinski definition) is 3. The second-order valence-electron chi connectivity index (χ2n) is 6.55. The van der Waals surface area contributed by atoms with Crippen LogP contribution in [0.2, 0.25) is 0 Å². The molecule has 0 bridgehead atoms. The molecule has 1 aromatic rings. The lowest BCUT2D eigenvalue weighted by molar-refractivity contribution is -0.131. The van der Waals surface area contributed by atoms with E-state index in [2.05, 4.69) is 10.6 Å². The maximum Gasteiger partial charge on any atom is 0.325 e. The van der Waals surface area contributed by atoms with Gasteiger partial charge in [0.25, 0.3) is 5.91 Å². The molecule has 4 amide bonds. The van der Waals surface area contributed by atoms with Crippen LogP contribution in [0.15, 0.2) is 18.2 Å². The van der Waals surface area contributed by atoms with Crippen LogP contribution < -0.4 is 20.1 Å². The fourth-order valence-corrected chi connectivity index (χ4v) is 3.55. The molecule has 28 heavy (non-hydrogen) atoms. The van der Waals surface area contributed by atoms with Gasteiger partial charge in [-0.05, 0) is 36.1 Å². The van der Waals surface area contributed by atoms with Crippen LogP contribution >= 0.6 is 11.8 Å². The van der Waals surface area contributed by atoms with Gasteiger partial charge in [0.05, 0.1) is 25.6 Å². The van der Waals surface area contributed by atoms with Gasteiger partial charge in [0.2, 0.25) is 12.7 Å². The topological polar surface area (TPSA) is 117 Å². The first-order valence-electron chi connectivity index (χ1n) is 8.91. The van der Waals surface area contributed by atoms with Gasteiger partial charge in [0, 0.05) is 0 Å². The zero-order chi connectivity index (χ0) is 20.1. The van der Waals surface area contributed by atoms with Crippen molar-refractivity contribution < 1.29 is 29.0 Å². The maximum absolute atomic E-state index is 12.6. The SMILES string of the molecule is CSCC[C@@H](CO)NC(=O)C[C@H]1NC(=O)N(Cc2ccc3c(c2)OCO3)C1=O. The number of carbonyl (C=O) groups excluding carboxylic acids is 3. The Morgan fingerprint density at radius 1 is 1.39 bits per heavy atom. The minimum atomic E-state index is -0.915. The molecule has 152 valence electrons. The number of nitrogens with zero attached hydrogens (tertiary/aromatic N) is 1. The van der Waals surface area contributed by atoms with Crippen LogP contribution in [0.3, 0.4) is 0 Å². The van der Waals surface area contributed by atoms with Gasteiger partial charge in [-0.3, -0.25) is 14.5 Å². The molecule has 3 rings (SSSR count). The van der Waals surface area contributed by atoms with Crippen molar-refractivity contribution >= 4 is 29.6 Å². The Labute approximate surface area is 166 Å². The Kier molecular flexibility index (Phi) is 6.63. The van der Waals surface area contributed by atoms with E-state index >= 15 is 0 Å². The summed E-state index contributed by atoms with van der Waals surface area (Å²) in [5.41, 5.74) is 0.718. The number of ether oxygens (including phenoxy) is 2. The van der Waals surface area contributed by atoms with Gasteiger partial charge in [-0.15, -0.1) is 0 Å². The van der Waals surface area contributed by atoms with E-state index in [0.717, 1.165) is 16.2 Å². The van der Waals surface area contributed by atoms with Crippen molar-refractivity contribution in [1.29, 1.82) is 0 Å². The number of rotatable bonds is 9. The number of imide groups is 1. The summed E-state index contributed by atoms with van der Waals surface area (Å²) in [5, 5.41) is 14.6. The average molecular weight is 409 g/mol. The van der Waals surface area contributed by atoms with Crippen molar-refractivity contribution in [2.24, 2.45) is 0 Å². The summed E-state index contributed by atoms with van der Waals surface area (Å²) >= 11 is 1.62. The molecule has 0 aromatic heterocycles. The molecule has 0 saturated carbocycles. The van der Waals surface area contributed by atoms with E-state index in [1.807, 2.05) is 6.26 Å². The highest BCUT2D eigenvalue weighted by molar-refractivity contribution is 7.98. The van der Waals surface area contributed by atoms with Gasteiger partial charge >= 0.3 is 6.03 Å². The van der Waals surface area contributed by atoms with Crippen molar-refractivity contribution in [3.63, 3.8) is 0 Å². The van der Waals surface area contributed by atoms with E-state index in [1.165, 1.54) is 0 Å². The van der Waals surface area contributed by atoms with Crippen LogP contribution in [-0.4, -0.2) is 65.3 Å². The van der Waals surface area contributed by atoms with Crippen LogP contribution in [0.4, 0.5) is 4.79 Å². The van der Waals surface area contributed by atoms with E-state index in [1.54, 1.807) is 30.0 Å². The lowest BCUT2D eigenvalue weighted by atomic mass is 10.1. The highest BCUT2D eigenvalue weighted by atomic mass is 32.2. The van der Waals surface area contributed by atoms with Gasteiger partial charge in [-0.1, -0.05) is 6.07 Å². The first kappa shape index (κ1) is 20.3. The van der Waals surface area contributed by atoms with Gasteiger partial charge in [0.15, 0.2) is 11.5 Å². The lowest BCUT2D eigenvalue weighted by Gasteiger charge is -2.17.